The van der Waals surface area contributed by atoms with Crippen molar-refractivity contribution in [2.45, 2.75) is 71.8 Å². The SMILES string of the molecule is COC(C)(C)CCC(CNCC(C)C)C1CCCC1. The molecular formula is C17H35NO. The molecule has 1 N–H and O–H groups in total. The van der Waals surface area contributed by atoms with Crippen LogP contribution in [0.5, 0.6) is 0 Å². The lowest BCUT2D eigenvalue weighted by Crippen LogP contribution is -2.32. The summed E-state index contributed by atoms with van der Waals surface area (Å²) in [5, 5.41) is 3.68. The third-order valence-electron chi connectivity index (χ3n) is 4.70. The molecule has 1 rings (SSSR count). The number of rotatable bonds is 9. The van der Waals surface area contributed by atoms with Gasteiger partial charge in [-0.05, 0) is 57.5 Å². The van der Waals surface area contributed by atoms with Gasteiger partial charge in [0.25, 0.3) is 0 Å². The first kappa shape index (κ1) is 17.0. The van der Waals surface area contributed by atoms with Crippen LogP contribution in [0, 0.1) is 17.8 Å². The Hall–Kier alpha value is -0.0800. The van der Waals surface area contributed by atoms with Gasteiger partial charge in [-0.25, -0.2) is 0 Å². The van der Waals surface area contributed by atoms with Crippen LogP contribution in [0.15, 0.2) is 0 Å². The third kappa shape index (κ3) is 6.76. The molecule has 2 nitrogen and oxygen atoms in total. The highest BCUT2D eigenvalue weighted by Crippen LogP contribution is 2.34. The van der Waals surface area contributed by atoms with Crippen molar-refractivity contribution in [1.82, 2.24) is 5.32 Å². The van der Waals surface area contributed by atoms with Crippen LogP contribution in [0.4, 0.5) is 0 Å². The highest BCUT2D eigenvalue weighted by atomic mass is 16.5. The Kier molecular flexibility index (Phi) is 7.38. The minimum Gasteiger partial charge on any atom is -0.379 e. The lowest BCUT2D eigenvalue weighted by molar-refractivity contribution is 0.00823. The van der Waals surface area contributed by atoms with Gasteiger partial charge in [0.1, 0.15) is 0 Å². The number of hydrogen-bond donors (Lipinski definition) is 1. The molecule has 0 radical (unpaired) electrons. The summed E-state index contributed by atoms with van der Waals surface area (Å²) < 4.78 is 5.57. The summed E-state index contributed by atoms with van der Waals surface area (Å²) in [6.45, 7) is 11.3. The molecule has 1 atom stereocenters. The van der Waals surface area contributed by atoms with E-state index in [1.54, 1.807) is 0 Å². The van der Waals surface area contributed by atoms with Crippen molar-refractivity contribution in [1.29, 1.82) is 0 Å². The van der Waals surface area contributed by atoms with E-state index in [-0.39, 0.29) is 5.60 Å². The van der Waals surface area contributed by atoms with Gasteiger partial charge >= 0.3 is 0 Å². The Morgan fingerprint density at radius 2 is 1.79 bits per heavy atom. The van der Waals surface area contributed by atoms with E-state index in [0.717, 1.165) is 24.3 Å². The molecule has 1 aliphatic rings. The maximum atomic E-state index is 5.57. The van der Waals surface area contributed by atoms with Crippen LogP contribution in [0.2, 0.25) is 0 Å². The van der Waals surface area contributed by atoms with Gasteiger partial charge in [-0.15, -0.1) is 0 Å². The van der Waals surface area contributed by atoms with Gasteiger partial charge in [0.2, 0.25) is 0 Å². The smallest absolute Gasteiger partial charge is 0.0622 e. The average molecular weight is 269 g/mol. The molecule has 0 aromatic carbocycles. The Bertz CT molecular complexity index is 231. The monoisotopic (exact) mass is 269 g/mol. The van der Waals surface area contributed by atoms with E-state index in [1.165, 1.54) is 45.1 Å². The molecule has 0 bridgehead atoms. The number of methoxy groups -OCH3 is 1. The Morgan fingerprint density at radius 3 is 2.32 bits per heavy atom. The summed E-state index contributed by atoms with van der Waals surface area (Å²) >= 11 is 0. The molecule has 0 aliphatic heterocycles. The zero-order valence-corrected chi connectivity index (χ0v) is 13.8. The topological polar surface area (TPSA) is 21.3 Å². The quantitative estimate of drug-likeness (QED) is 0.676. The molecule has 0 aromatic heterocycles. The van der Waals surface area contributed by atoms with Gasteiger partial charge in [0, 0.05) is 7.11 Å². The maximum absolute atomic E-state index is 5.57. The van der Waals surface area contributed by atoms with Gasteiger partial charge in [0.15, 0.2) is 0 Å². The fraction of sp³-hybridized carbons (Fsp3) is 1.00. The summed E-state index contributed by atoms with van der Waals surface area (Å²) in [4.78, 5) is 0. The molecule has 19 heavy (non-hydrogen) atoms. The summed E-state index contributed by atoms with van der Waals surface area (Å²) in [5.74, 6) is 2.54. The summed E-state index contributed by atoms with van der Waals surface area (Å²) in [7, 11) is 1.83. The van der Waals surface area contributed by atoms with Crippen LogP contribution >= 0.6 is 0 Å². The molecule has 0 aromatic rings. The van der Waals surface area contributed by atoms with Crippen LogP contribution in [-0.2, 0) is 4.74 Å². The van der Waals surface area contributed by atoms with E-state index >= 15 is 0 Å². The predicted octanol–water partition coefficient (Wildman–Crippen LogP) is 4.24. The van der Waals surface area contributed by atoms with Crippen molar-refractivity contribution in [3.63, 3.8) is 0 Å². The van der Waals surface area contributed by atoms with E-state index in [2.05, 4.69) is 33.0 Å². The standard InChI is InChI=1S/C17H35NO/c1-14(2)12-18-13-16(15-8-6-7-9-15)10-11-17(3,4)19-5/h14-16,18H,6-13H2,1-5H3. The molecule has 1 unspecified atom stereocenters. The fourth-order valence-corrected chi connectivity index (χ4v) is 3.13. The first-order chi connectivity index (χ1) is 8.94. The van der Waals surface area contributed by atoms with Crippen molar-refractivity contribution < 1.29 is 4.74 Å². The van der Waals surface area contributed by atoms with Crippen LogP contribution in [0.1, 0.15) is 66.2 Å². The van der Waals surface area contributed by atoms with Gasteiger partial charge in [0.05, 0.1) is 5.60 Å². The Labute approximate surface area is 120 Å². The molecule has 2 heteroatoms. The van der Waals surface area contributed by atoms with Crippen LogP contribution in [0.25, 0.3) is 0 Å². The van der Waals surface area contributed by atoms with E-state index in [0.29, 0.717) is 0 Å². The minimum atomic E-state index is 0.0366. The average Bonchev–Trinajstić information content (AvgIpc) is 2.86. The van der Waals surface area contributed by atoms with E-state index in [4.69, 9.17) is 4.74 Å². The van der Waals surface area contributed by atoms with Crippen molar-refractivity contribution in [3.05, 3.63) is 0 Å². The molecule has 0 spiro atoms. The summed E-state index contributed by atoms with van der Waals surface area (Å²) in [6.07, 6.45) is 8.26. The predicted molar refractivity (Wildman–Crippen MR) is 83.5 cm³/mol. The highest BCUT2D eigenvalue weighted by molar-refractivity contribution is 4.80. The summed E-state index contributed by atoms with van der Waals surface area (Å²) in [6, 6.07) is 0. The number of hydrogen-bond acceptors (Lipinski definition) is 2. The van der Waals surface area contributed by atoms with E-state index < -0.39 is 0 Å². The minimum absolute atomic E-state index is 0.0366. The molecule has 1 fully saturated rings. The third-order valence-corrected chi connectivity index (χ3v) is 4.70. The van der Waals surface area contributed by atoms with Crippen molar-refractivity contribution in [2.75, 3.05) is 20.2 Å². The van der Waals surface area contributed by atoms with Gasteiger partial charge in [-0.1, -0.05) is 39.5 Å². The number of ether oxygens (including phenoxy) is 1. The largest absolute Gasteiger partial charge is 0.379 e. The highest BCUT2D eigenvalue weighted by Gasteiger charge is 2.27. The molecule has 0 saturated heterocycles. The first-order valence-corrected chi connectivity index (χ1v) is 8.20. The van der Waals surface area contributed by atoms with Crippen molar-refractivity contribution in [2.24, 2.45) is 17.8 Å². The van der Waals surface area contributed by atoms with Gasteiger partial charge in [-0.3, -0.25) is 0 Å². The van der Waals surface area contributed by atoms with Gasteiger partial charge < -0.3 is 10.1 Å². The molecule has 1 saturated carbocycles. The lowest BCUT2D eigenvalue weighted by Gasteiger charge is -2.29. The lowest BCUT2D eigenvalue weighted by atomic mass is 9.84. The first-order valence-electron chi connectivity index (χ1n) is 8.20. The van der Waals surface area contributed by atoms with Gasteiger partial charge in [-0.2, -0.15) is 0 Å². The molecule has 0 amide bonds. The van der Waals surface area contributed by atoms with E-state index in [9.17, 15) is 0 Å². The van der Waals surface area contributed by atoms with Crippen molar-refractivity contribution >= 4 is 0 Å². The summed E-state index contributed by atoms with van der Waals surface area (Å²) in [5.41, 5.74) is 0.0366. The van der Waals surface area contributed by atoms with Crippen LogP contribution in [-0.4, -0.2) is 25.8 Å². The van der Waals surface area contributed by atoms with Crippen LogP contribution in [0.3, 0.4) is 0 Å². The fourth-order valence-electron chi connectivity index (χ4n) is 3.13. The molecule has 114 valence electrons. The van der Waals surface area contributed by atoms with Crippen molar-refractivity contribution in [3.8, 4) is 0 Å². The second-order valence-corrected chi connectivity index (χ2v) is 7.36. The number of nitrogens with one attached hydrogen (secondary N) is 1. The van der Waals surface area contributed by atoms with Crippen LogP contribution < -0.4 is 5.32 Å². The molecular weight excluding hydrogens is 234 g/mol. The Morgan fingerprint density at radius 1 is 1.16 bits per heavy atom. The second-order valence-electron chi connectivity index (χ2n) is 7.36. The molecule has 0 heterocycles. The Balaban J connectivity index is 2.40. The normalized spacial score (nSPS) is 19.3. The zero-order valence-electron chi connectivity index (χ0n) is 13.8. The van der Waals surface area contributed by atoms with E-state index in [1.807, 2.05) is 7.11 Å². The second kappa shape index (κ2) is 8.26. The maximum Gasteiger partial charge on any atom is 0.0622 e. The zero-order chi connectivity index (χ0) is 14.3. The molecule has 1 aliphatic carbocycles.